The van der Waals surface area contributed by atoms with E-state index in [9.17, 15) is 0 Å². The highest BCUT2D eigenvalue weighted by Gasteiger charge is 2.08. The molecule has 2 aromatic carbocycles. The molecule has 0 fully saturated rings. The van der Waals surface area contributed by atoms with Crippen LogP contribution in [-0.4, -0.2) is 19.2 Å². The van der Waals surface area contributed by atoms with E-state index in [1.165, 1.54) is 0 Å². The molecular formula is C17H15NO2. The average molecular weight is 265 g/mol. The van der Waals surface area contributed by atoms with Gasteiger partial charge in [-0.2, -0.15) is 0 Å². The van der Waals surface area contributed by atoms with Gasteiger partial charge in [0.25, 0.3) is 0 Å². The van der Waals surface area contributed by atoms with Crippen molar-refractivity contribution in [1.29, 1.82) is 0 Å². The van der Waals surface area contributed by atoms with Gasteiger partial charge in [0.2, 0.25) is 0 Å². The van der Waals surface area contributed by atoms with E-state index < -0.39 is 0 Å². The topological polar surface area (TPSA) is 31.4 Å². The van der Waals surface area contributed by atoms with Crippen LogP contribution in [0, 0.1) is 0 Å². The monoisotopic (exact) mass is 265 g/mol. The standard InChI is InChI=1S/C17H15NO2/c1-19-14-10-13-8-9-15(12-6-4-3-5-7-12)18-17(13)16(11-14)20-2/h3-11H,1-2H3. The molecule has 3 aromatic rings. The number of nitrogens with zero attached hydrogens (tertiary/aromatic N) is 1. The molecule has 0 saturated carbocycles. The lowest BCUT2D eigenvalue weighted by Gasteiger charge is -2.09. The Balaban J connectivity index is 2.20. The molecule has 0 bridgehead atoms. The summed E-state index contributed by atoms with van der Waals surface area (Å²) in [5.41, 5.74) is 2.86. The molecule has 3 heteroatoms. The van der Waals surface area contributed by atoms with Crippen LogP contribution in [0.25, 0.3) is 22.2 Å². The van der Waals surface area contributed by atoms with Crippen molar-refractivity contribution in [1.82, 2.24) is 4.98 Å². The Morgan fingerprint density at radius 1 is 0.850 bits per heavy atom. The molecule has 0 aliphatic rings. The first-order valence-electron chi connectivity index (χ1n) is 6.40. The summed E-state index contributed by atoms with van der Waals surface area (Å²) in [7, 11) is 3.29. The van der Waals surface area contributed by atoms with Crippen molar-refractivity contribution in [3.8, 4) is 22.8 Å². The highest BCUT2D eigenvalue weighted by molar-refractivity contribution is 5.88. The van der Waals surface area contributed by atoms with Crippen LogP contribution in [0.1, 0.15) is 0 Å². The SMILES string of the molecule is COc1cc(OC)c2nc(-c3ccccc3)ccc2c1. The van der Waals surface area contributed by atoms with Crippen molar-refractivity contribution in [2.45, 2.75) is 0 Å². The third-order valence-corrected chi connectivity index (χ3v) is 3.26. The fraction of sp³-hybridized carbons (Fsp3) is 0.118. The molecule has 1 aromatic heterocycles. The fourth-order valence-electron chi connectivity index (χ4n) is 2.22. The van der Waals surface area contributed by atoms with Crippen molar-refractivity contribution < 1.29 is 9.47 Å². The van der Waals surface area contributed by atoms with E-state index in [0.717, 1.165) is 33.7 Å². The predicted molar refractivity (Wildman–Crippen MR) is 80.3 cm³/mol. The zero-order valence-corrected chi connectivity index (χ0v) is 11.5. The molecule has 0 unspecified atom stereocenters. The van der Waals surface area contributed by atoms with Crippen LogP contribution < -0.4 is 9.47 Å². The maximum absolute atomic E-state index is 5.42. The Kier molecular flexibility index (Phi) is 3.25. The molecule has 3 nitrogen and oxygen atoms in total. The summed E-state index contributed by atoms with van der Waals surface area (Å²) in [5, 5.41) is 1.00. The summed E-state index contributed by atoms with van der Waals surface area (Å²) in [6.45, 7) is 0. The van der Waals surface area contributed by atoms with E-state index in [-0.39, 0.29) is 0 Å². The number of aromatic nitrogens is 1. The van der Waals surface area contributed by atoms with Gasteiger partial charge in [-0.3, -0.25) is 0 Å². The minimum Gasteiger partial charge on any atom is -0.497 e. The highest BCUT2D eigenvalue weighted by Crippen LogP contribution is 2.31. The minimum atomic E-state index is 0.720. The number of hydrogen-bond donors (Lipinski definition) is 0. The van der Waals surface area contributed by atoms with Crippen LogP contribution in [0.5, 0.6) is 11.5 Å². The van der Waals surface area contributed by atoms with Gasteiger partial charge in [0.1, 0.15) is 17.0 Å². The van der Waals surface area contributed by atoms with Gasteiger partial charge >= 0.3 is 0 Å². The van der Waals surface area contributed by atoms with Crippen LogP contribution in [0.3, 0.4) is 0 Å². The van der Waals surface area contributed by atoms with Crippen molar-refractivity contribution in [2.75, 3.05) is 14.2 Å². The Hall–Kier alpha value is -2.55. The molecule has 0 radical (unpaired) electrons. The third-order valence-electron chi connectivity index (χ3n) is 3.26. The number of benzene rings is 2. The van der Waals surface area contributed by atoms with Gasteiger partial charge < -0.3 is 9.47 Å². The van der Waals surface area contributed by atoms with Gasteiger partial charge in [0.05, 0.1) is 19.9 Å². The number of ether oxygens (including phenoxy) is 2. The lowest BCUT2D eigenvalue weighted by Crippen LogP contribution is -1.92. The first-order chi connectivity index (χ1) is 9.81. The molecule has 0 spiro atoms. The molecule has 20 heavy (non-hydrogen) atoms. The van der Waals surface area contributed by atoms with E-state index in [4.69, 9.17) is 14.5 Å². The predicted octanol–water partition coefficient (Wildman–Crippen LogP) is 3.92. The van der Waals surface area contributed by atoms with Crippen LogP contribution in [-0.2, 0) is 0 Å². The second kappa shape index (κ2) is 5.21. The second-order valence-electron chi connectivity index (χ2n) is 4.46. The maximum Gasteiger partial charge on any atom is 0.148 e. The van der Waals surface area contributed by atoms with Crippen LogP contribution in [0.15, 0.2) is 54.6 Å². The van der Waals surface area contributed by atoms with Gasteiger partial charge in [-0.15, -0.1) is 0 Å². The van der Waals surface area contributed by atoms with E-state index in [1.54, 1.807) is 14.2 Å². The Morgan fingerprint density at radius 2 is 1.65 bits per heavy atom. The summed E-state index contributed by atoms with van der Waals surface area (Å²) in [6, 6.07) is 18.0. The second-order valence-corrected chi connectivity index (χ2v) is 4.46. The maximum atomic E-state index is 5.42. The minimum absolute atomic E-state index is 0.720. The normalized spacial score (nSPS) is 10.5. The molecule has 0 N–H and O–H groups in total. The number of fused-ring (bicyclic) bond motifs is 1. The average Bonchev–Trinajstić information content (AvgIpc) is 2.54. The molecular weight excluding hydrogens is 250 g/mol. The molecule has 0 aliphatic carbocycles. The van der Waals surface area contributed by atoms with Crippen molar-refractivity contribution in [2.24, 2.45) is 0 Å². The first kappa shape index (κ1) is 12.5. The number of methoxy groups -OCH3 is 2. The molecule has 0 saturated heterocycles. The van der Waals surface area contributed by atoms with Gasteiger partial charge in [0, 0.05) is 17.0 Å². The Labute approximate surface area is 117 Å². The van der Waals surface area contributed by atoms with Crippen molar-refractivity contribution in [3.05, 3.63) is 54.6 Å². The lowest BCUT2D eigenvalue weighted by molar-refractivity contribution is 0.397. The smallest absolute Gasteiger partial charge is 0.148 e. The van der Waals surface area contributed by atoms with Gasteiger partial charge in [-0.1, -0.05) is 36.4 Å². The number of rotatable bonds is 3. The molecule has 1 heterocycles. The van der Waals surface area contributed by atoms with E-state index in [1.807, 2.05) is 54.6 Å². The van der Waals surface area contributed by atoms with Gasteiger partial charge in [-0.05, 0) is 12.1 Å². The summed E-state index contributed by atoms with van der Waals surface area (Å²) in [5.74, 6) is 1.49. The van der Waals surface area contributed by atoms with Crippen LogP contribution in [0.4, 0.5) is 0 Å². The van der Waals surface area contributed by atoms with Gasteiger partial charge in [-0.25, -0.2) is 4.98 Å². The highest BCUT2D eigenvalue weighted by atomic mass is 16.5. The zero-order valence-electron chi connectivity index (χ0n) is 11.5. The quantitative estimate of drug-likeness (QED) is 0.719. The van der Waals surface area contributed by atoms with E-state index in [0.29, 0.717) is 0 Å². The summed E-state index contributed by atoms with van der Waals surface area (Å²) < 4.78 is 10.7. The molecule has 0 atom stereocenters. The zero-order chi connectivity index (χ0) is 13.9. The lowest BCUT2D eigenvalue weighted by atomic mass is 10.1. The fourth-order valence-corrected chi connectivity index (χ4v) is 2.22. The molecule has 0 aliphatic heterocycles. The van der Waals surface area contributed by atoms with Crippen molar-refractivity contribution >= 4 is 10.9 Å². The Morgan fingerprint density at radius 3 is 2.35 bits per heavy atom. The summed E-state index contributed by atoms with van der Waals surface area (Å²) in [6.07, 6.45) is 0. The number of hydrogen-bond acceptors (Lipinski definition) is 3. The Bertz CT molecular complexity index is 739. The van der Waals surface area contributed by atoms with Crippen LogP contribution in [0.2, 0.25) is 0 Å². The molecule has 3 rings (SSSR count). The molecule has 0 amide bonds. The molecule has 100 valence electrons. The summed E-state index contributed by atoms with van der Waals surface area (Å²) >= 11 is 0. The first-order valence-corrected chi connectivity index (χ1v) is 6.40. The third kappa shape index (κ3) is 2.18. The summed E-state index contributed by atoms with van der Waals surface area (Å²) in [4.78, 5) is 4.71. The largest absolute Gasteiger partial charge is 0.497 e. The van der Waals surface area contributed by atoms with Gasteiger partial charge in [0.15, 0.2) is 0 Å². The number of pyridine rings is 1. The van der Waals surface area contributed by atoms with E-state index >= 15 is 0 Å². The van der Waals surface area contributed by atoms with E-state index in [2.05, 4.69) is 0 Å². The van der Waals surface area contributed by atoms with Crippen molar-refractivity contribution in [3.63, 3.8) is 0 Å². The van der Waals surface area contributed by atoms with Crippen LogP contribution >= 0.6 is 0 Å².